The van der Waals surface area contributed by atoms with Gasteiger partial charge in [-0.25, -0.2) is 0 Å². The predicted octanol–water partition coefficient (Wildman–Crippen LogP) is 5.38. The molecule has 4 nitrogen and oxygen atoms in total. The lowest BCUT2D eigenvalue weighted by atomic mass is 9.69. The van der Waals surface area contributed by atoms with Crippen molar-refractivity contribution in [3.8, 4) is 0 Å². The molecule has 1 saturated carbocycles. The average molecular weight is 380 g/mol. The summed E-state index contributed by atoms with van der Waals surface area (Å²) in [6.45, 7) is 13.7. The average Bonchev–Trinajstić information content (AvgIpc) is 2.50. The number of aliphatic carboxylic acids is 2. The highest BCUT2D eigenvalue weighted by atomic mass is 31.1. The van der Waals surface area contributed by atoms with Crippen molar-refractivity contribution < 1.29 is 19.8 Å². The first-order chi connectivity index (χ1) is 11.3. The van der Waals surface area contributed by atoms with Gasteiger partial charge in [-0.15, -0.1) is 15.8 Å². The SMILES string of the molecule is CCP(CC)CC.CCP(CC)CC.O=C(O)C1(C(=O)O)CCC1. The Morgan fingerprint density at radius 2 is 0.958 bits per heavy atom. The first-order valence-electron chi connectivity index (χ1n) is 9.20. The minimum Gasteiger partial charge on any atom is -0.480 e. The molecule has 1 fully saturated rings. The van der Waals surface area contributed by atoms with E-state index in [0.717, 1.165) is 0 Å². The predicted molar refractivity (Wildman–Crippen MR) is 109 cm³/mol. The maximum Gasteiger partial charge on any atom is 0.321 e. The van der Waals surface area contributed by atoms with Gasteiger partial charge in [-0.1, -0.05) is 41.5 Å². The molecule has 1 rings (SSSR count). The Balaban J connectivity index is 0. The summed E-state index contributed by atoms with van der Waals surface area (Å²) < 4.78 is 0. The number of hydrogen-bond acceptors (Lipinski definition) is 2. The molecular weight excluding hydrogens is 342 g/mol. The van der Waals surface area contributed by atoms with Crippen LogP contribution >= 0.6 is 15.8 Å². The number of carbonyl (C=O) groups is 2. The molecule has 0 aromatic rings. The van der Waals surface area contributed by atoms with Crippen molar-refractivity contribution in [1.29, 1.82) is 0 Å². The van der Waals surface area contributed by atoms with Gasteiger partial charge in [0.2, 0.25) is 0 Å². The maximum absolute atomic E-state index is 10.4. The molecule has 0 heterocycles. The quantitative estimate of drug-likeness (QED) is 0.438. The molecule has 0 unspecified atom stereocenters. The summed E-state index contributed by atoms with van der Waals surface area (Å²) in [7, 11) is 0.892. The van der Waals surface area contributed by atoms with E-state index in [1.54, 1.807) is 0 Å². The summed E-state index contributed by atoms with van der Waals surface area (Å²) >= 11 is 0. The van der Waals surface area contributed by atoms with E-state index in [4.69, 9.17) is 10.2 Å². The van der Waals surface area contributed by atoms with E-state index < -0.39 is 17.4 Å². The zero-order valence-electron chi connectivity index (χ0n) is 16.5. The Bertz CT molecular complexity index is 297. The van der Waals surface area contributed by atoms with Crippen LogP contribution in [-0.4, -0.2) is 59.1 Å². The monoisotopic (exact) mass is 380 g/mol. The molecule has 0 radical (unpaired) electrons. The van der Waals surface area contributed by atoms with Gasteiger partial charge in [0.1, 0.15) is 0 Å². The molecule has 144 valence electrons. The van der Waals surface area contributed by atoms with Crippen LogP contribution in [0.15, 0.2) is 0 Å². The Hall–Kier alpha value is -0.200. The maximum atomic E-state index is 10.4. The summed E-state index contributed by atoms with van der Waals surface area (Å²) in [6.07, 6.45) is 9.77. The van der Waals surface area contributed by atoms with Crippen molar-refractivity contribution in [1.82, 2.24) is 0 Å². The number of hydrogen-bond donors (Lipinski definition) is 2. The van der Waals surface area contributed by atoms with Crippen LogP contribution in [0.5, 0.6) is 0 Å². The number of carboxylic acids is 2. The normalized spacial score (nSPS) is 14.8. The minimum atomic E-state index is -1.44. The van der Waals surface area contributed by atoms with E-state index in [1.807, 2.05) is 0 Å². The molecular formula is C18H38O4P2. The molecule has 1 aliphatic carbocycles. The Labute approximate surface area is 151 Å². The van der Waals surface area contributed by atoms with Crippen molar-refractivity contribution in [2.75, 3.05) is 37.0 Å². The topological polar surface area (TPSA) is 74.6 Å². The van der Waals surface area contributed by atoms with Crippen molar-refractivity contribution in [3.05, 3.63) is 0 Å². The van der Waals surface area contributed by atoms with Gasteiger partial charge >= 0.3 is 11.9 Å². The highest BCUT2D eigenvalue weighted by Gasteiger charge is 2.51. The zero-order valence-corrected chi connectivity index (χ0v) is 18.3. The lowest BCUT2D eigenvalue weighted by Gasteiger charge is -2.32. The second-order valence-corrected chi connectivity index (χ2v) is 12.3. The molecule has 1 aliphatic rings. The summed E-state index contributed by atoms with van der Waals surface area (Å²) in [5.41, 5.74) is -1.44. The van der Waals surface area contributed by atoms with Crippen LogP contribution < -0.4 is 0 Å². The Morgan fingerprint density at radius 1 is 0.708 bits per heavy atom. The van der Waals surface area contributed by atoms with Gasteiger partial charge < -0.3 is 10.2 Å². The lowest BCUT2D eigenvalue weighted by molar-refractivity contribution is -0.171. The van der Waals surface area contributed by atoms with Crippen LogP contribution in [0.25, 0.3) is 0 Å². The van der Waals surface area contributed by atoms with Crippen molar-refractivity contribution in [2.45, 2.75) is 60.8 Å². The van der Waals surface area contributed by atoms with Gasteiger partial charge in [0.15, 0.2) is 5.41 Å². The minimum absolute atomic E-state index is 0.275. The van der Waals surface area contributed by atoms with Gasteiger partial charge in [-0.05, 0) is 56.2 Å². The third-order valence-corrected chi connectivity index (χ3v) is 10.1. The summed E-state index contributed by atoms with van der Waals surface area (Å²) in [4.78, 5) is 20.7. The standard InChI is InChI=1S/C6H8O4.2C6H15P/c7-4(8)6(5(9)10)2-1-3-6;2*1-4-7(5-2)6-3/h1-3H2,(H,7,8)(H,9,10);2*4-6H2,1-3H3. The van der Waals surface area contributed by atoms with Gasteiger partial charge in [-0.3, -0.25) is 9.59 Å². The summed E-state index contributed by atoms with van der Waals surface area (Å²) in [5.74, 6) is -2.41. The fourth-order valence-electron chi connectivity index (χ4n) is 2.39. The van der Waals surface area contributed by atoms with Crippen molar-refractivity contribution in [3.63, 3.8) is 0 Å². The van der Waals surface area contributed by atoms with E-state index >= 15 is 0 Å². The number of carboxylic acid groups (broad SMARTS) is 2. The zero-order chi connectivity index (χ0) is 19.2. The largest absolute Gasteiger partial charge is 0.480 e. The summed E-state index contributed by atoms with van der Waals surface area (Å²) in [5, 5.41) is 16.9. The van der Waals surface area contributed by atoms with Crippen molar-refractivity contribution >= 4 is 27.8 Å². The van der Waals surface area contributed by atoms with Crippen LogP contribution in [0.4, 0.5) is 0 Å². The molecule has 0 amide bonds. The third-order valence-electron chi connectivity index (χ3n) is 4.71. The van der Waals surface area contributed by atoms with Crippen LogP contribution in [0.1, 0.15) is 60.8 Å². The molecule has 0 aromatic heterocycles. The third kappa shape index (κ3) is 9.33. The van der Waals surface area contributed by atoms with E-state index in [-0.39, 0.29) is 12.8 Å². The van der Waals surface area contributed by atoms with Crippen LogP contribution in [-0.2, 0) is 9.59 Å². The fraction of sp³-hybridized carbons (Fsp3) is 0.889. The second kappa shape index (κ2) is 15.1. The van der Waals surface area contributed by atoms with E-state index in [0.29, 0.717) is 22.3 Å². The molecule has 0 aliphatic heterocycles. The van der Waals surface area contributed by atoms with E-state index in [1.165, 1.54) is 37.0 Å². The van der Waals surface area contributed by atoms with Crippen LogP contribution in [0.2, 0.25) is 0 Å². The highest BCUT2D eigenvalue weighted by molar-refractivity contribution is 7.57. The van der Waals surface area contributed by atoms with Gasteiger partial charge in [-0.2, -0.15) is 0 Å². The fourth-order valence-corrected chi connectivity index (χ4v) is 5.07. The lowest BCUT2D eigenvalue weighted by Crippen LogP contribution is -2.44. The van der Waals surface area contributed by atoms with Gasteiger partial charge in [0.05, 0.1) is 0 Å². The number of rotatable bonds is 8. The van der Waals surface area contributed by atoms with E-state index in [2.05, 4.69) is 41.5 Å². The van der Waals surface area contributed by atoms with Crippen LogP contribution in [0.3, 0.4) is 0 Å². The highest BCUT2D eigenvalue weighted by Crippen LogP contribution is 2.41. The molecule has 24 heavy (non-hydrogen) atoms. The van der Waals surface area contributed by atoms with Gasteiger partial charge in [0.25, 0.3) is 0 Å². The molecule has 0 bridgehead atoms. The molecule has 0 aromatic carbocycles. The molecule has 0 atom stereocenters. The second-order valence-electron chi connectivity index (χ2n) is 5.78. The molecule has 6 heteroatoms. The molecule has 2 N–H and O–H groups in total. The van der Waals surface area contributed by atoms with E-state index in [9.17, 15) is 9.59 Å². The first kappa shape index (κ1) is 26.0. The van der Waals surface area contributed by atoms with Gasteiger partial charge in [0, 0.05) is 0 Å². The molecule has 0 saturated heterocycles. The Morgan fingerprint density at radius 3 is 0.958 bits per heavy atom. The Kier molecular flexibility index (Phi) is 16.4. The first-order valence-corrected chi connectivity index (χ1v) is 13.0. The summed E-state index contributed by atoms with van der Waals surface area (Å²) in [6, 6.07) is 0. The molecule has 0 spiro atoms. The van der Waals surface area contributed by atoms with Crippen molar-refractivity contribution in [2.24, 2.45) is 5.41 Å². The van der Waals surface area contributed by atoms with Crippen LogP contribution in [0, 0.1) is 5.41 Å². The smallest absolute Gasteiger partial charge is 0.321 e.